The van der Waals surface area contributed by atoms with Gasteiger partial charge in [-0.2, -0.15) is 0 Å². The van der Waals surface area contributed by atoms with Crippen LogP contribution in [-0.2, 0) is 4.79 Å². The molecule has 0 aromatic heterocycles. The minimum absolute atomic E-state index is 0.00539. The van der Waals surface area contributed by atoms with Crippen molar-refractivity contribution in [2.45, 2.75) is 20.3 Å². The molecule has 1 aromatic rings. The Labute approximate surface area is 114 Å². The molecule has 104 valence electrons. The van der Waals surface area contributed by atoms with E-state index in [1.807, 2.05) is 32.0 Å². The van der Waals surface area contributed by atoms with Gasteiger partial charge in [-0.25, -0.2) is 0 Å². The Morgan fingerprint density at radius 1 is 1.42 bits per heavy atom. The molecule has 4 heteroatoms. The lowest BCUT2D eigenvalue weighted by atomic mass is 10.1. The van der Waals surface area contributed by atoms with E-state index >= 15 is 0 Å². The third-order valence-electron chi connectivity index (χ3n) is 3.74. The number of likely N-dealkylation sites (tertiary alicyclic amines) is 1. The lowest BCUT2D eigenvalue weighted by molar-refractivity contribution is -0.132. The highest BCUT2D eigenvalue weighted by molar-refractivity contribution is 5.78. The Kier molecular flexibility index (Phi) is 4.43. The Hall–Kier alpha value is -1.55. The third kappa shape index (κ3) is 3.47. The minimum atomic E-state index is -0.00539. The minimum Gasteiger partial charge on any atom is -0.484 e. The summed E-state index contributed by atoms with van der Waals surface area (Å²) in [6, 6.07) is 5.83. The predicted octanol–water partition coefficient (Wildman–Crippen LogP) is 1.52. The standard InChI is InChI=1S/C15H21NO3/c1-11-3-4-14(7-12(11)2)19-10-15(18)16-6-5-13(8-16)9-17/h3-4,7,13,17H,5-6,8-10H2,1-2H3. The van der Waals surface area contributed by atoms with Gasteiger partial charge in [0.2, 0.25) is 0 Å². The molecule has 1 amide bonds. The molecule has 19 heavy (non-hydrogen) atoms. The van der Waals surface area contributed by atoms with E-state index in [-0.39, 0.29) is 25.0 Å². The topological polar surface area (TPSA) is 49.8 Å². The van der Waals surface area contributed by atoms with E-state index in [1.165, 1.54) is 5.56 Å². The maximum absolute atomic E-state index is 12.0. The van der Waals surface area contributed by atoms with Crippen LogP contribution in [0, 0.1) is 19.8 Å². The molecule has 1 saturated heterocycles. The van der Waals surface area contributed by atoms with Crippen LogP contribution in [0.3, 0.4) is 0 Å². The van der Waals surface area contributed by atoms with Gasteiger partial charge in [0, 0.05) is 25.6 Å². The number of hydrogen-bond acceptors (Lipinski definition) is 3. The van der Waals surface area contributed by atoms with Gasteiger partial charge >= 0.3 is 0 Å². The van der Waals surface area contributed by atoms with Gasteiger partial charge in [0.25, 0.3) is 5.91 Å². The third-order valence-corrected chi connectivity index (χ3v) is 3.74. The Morgan fingerprint density at radius 2 is 2.21 bits per heavy atom. The largest absolute Gasteiger partial charge is 0.484 e. The van der Waals surface area contributed by atoms with Gasteiger partial charge in [-0.3, -0.25) is 4.79 Å². The summed E-state index contributed by atoms with van der Waals surface area (Å²) in [7, 11) is 0. The number of aryl methyl sites for hydroxylation is 2. The van der Waals surface area contributed by atoms with E-state index in [1.54, 1.807) is 4.90 Å². The van der Waals surface area contributed by atoms with E-state index in [0.29, 0.717) is 6.54 Å². The van der Waals surface area contributed by atoms with Crippen molar-refractivity contribution >= 4 is 5.91 Å². The van der Waals surface area contributed by atoms with Gasteiger partial charge in [-0.15, -0.1) is 0 Å². The smallest absolute Gasteiger partial charge is 0.260 e. The summed E-state index contributed by atoms with van der Waals surface area (Å²) in [5.74, 6) is 0.953. The zero-order valence-corrected chi connectivity index (χ0v) is 11.6. The maximum atomic E-state index is 12.0. The van der Waals surface area contributed by atoms with Crippen LogP contribution >= 0.6 is 0 Å². The fraction of sp³-hybridized carbons (Fsp3) is 0.533. The van der Waals surface area contributed by atoms with Crippen LogP contribution in [0.1, 0.15) is 17.5 Å². The monoisotopic (exact) mass is 263 g/mol. The molecular weight excluding hydrogens is 242 g/mol. The second-order valence-corrected chi connectivity index (χ2v) is 5.21. The van der Waals surface area contributed by atoms with Crippen molar-refractivity contribution in [3.8, 4) is 5.75 Å². The highest BCUT2D eigenvalue weighted by atomic mass is 16.5. The van der Waals surface area contributed by atoms with Gasteiger partial charge in [-0.1, -0.05) is 6.07 Å². The average molecular weight is 263 g/mol. The van der Waals surface area contributed by atoms with Gasteiger partial charge in [-0.05, 0) is 43.5 Å². The number of carbonyl (C=O) groups excluding carboxylic acids is 1. The lowest BCUT2D eigenvalue weighted by Crippen LogP contribution is -2.33. The number of benzene rings is 1. The summed E-state index contributed by atoms with van der Waals surface area (Å²) in [5.41, 5.74) is 2.37. The van der Waals surface area contributed by atoms with E-state index < -0.39 is 0 Å². The molecule has 1 unspecified atom stereocenters. The number of nitrogens with zero attached hydrogens (tertiary/aromatic N) is 1. The first-order chi connectivity index (χ1) is 9.10. The molecule has 1 aliphatic heterocycles. The molecule has 2 rings (SSSR count). The molecule has 0 bridgehead atoms. The van der Waals surface area contributed by atoms with Crippen molar-refractivity contribution in [1.82, 2.24) is 4.90 Å². The van der Waals surface area contributed by atoms with Gasteiger partial charge in [0.1, 0.15) is 5.75 Å². The van der Waals surface area contributed by atoms with Crippen molar-refractivity contribution in [3.63, 3.8) is 0 Å². The molecule has 1 N–H and O–H groups in total. The summed E-state index contributed by atoms with van der Waals surface area (Å²) in [4.78, 5) is 13.7. The van der Waals surface area contributed by atoms with Crippen LogP contribution in [-0.4, -0.2) is 42.2 Å². The molecule has 4 nitrogen and oxygen atoms in total. The molecule has 0 aliphatic carbocycles. The van der Waals surface area contributed by atoms with Crippen molar-refractivity contribution in [1.29, 1.82) is 0 Å². The molecule has 0 spiro atoms. The van der Waals surface area contributed by atoms with Crippen LogP contribution in [0.15, 0.2) is 18.2 Å². The van der Waals surface area contributed by atoms with Crippen LogP contribution in [0.25, 0.3) is 0 Å². The van der Waals surface area contributed by atoms with Gasteiger partial charge in [0.05, 0.1) is 0 Å². The Bertz CT molecular complexity index is 459. The number of ether oxygens (including phenoxy) is 1. The zero-order chi connectivity index (χ0) is 13.8. The second-order valence-electron chi connectivity index (χ2n) is 5.21. The molecule has 1 heterocycles. The van der Waals surface area contributed by atoms with Crippen molar-refractivity contribution in [2.24, 2.45) is 5.92 Å². The zero-order valence-electron chi connectivity index (χ0n) is 11.6. The second kappa shape index (κ2) is 6.06. The van der Waals surface area contributed by atoms with E-state index in [2.05, 4.69) is 0 Å². The Morgan fingerprint density at radius 3 is 2.84 bits per heavy atom. The number of rotatable bonds is 4. The van der Waals surface area contributed by atoms with Gasteiger partial charge < -0.3 is 14.7 Å². The lowest BCUT2D eigenvalue weighted by Gasteiger charge is -2.16. The highest BCUT2D eigenvalue weighted by Gasteiger charge is 2.25. The number of amides is 1. The summed E-state index contributed by atoms with van der Waals surface area (Å²) in [6.07, 6.45) is 0.881. The van der Waals surface area contributed by atoms with Crippen LogP contribution < -0.4 is 4.74 Å². The molecular formula is C15H21NO3. The predicted molar refractivity (Wildman–Crippen MR) is 73.2 cm³/mol. The SMILES string of the molecule is Cc1ccc(OCC(=O)N2CCC(CO)C2)cc1C. The molecule has 1 fully saturated rings. The quantitative estimate of drug-likeness (QED) is 0.896. The molecule has 1 aromatic carbocycles. The first-order valence-electron chi connectivity index (χ1n) is 6.69. The number of carbonyl (C=O) groups is 1. The van der Waals surface area contributed by atoms with E-state index in [9.17, 15) is 4.79 Å². The normalized spacial score (nSPS) is 18.7. The van der Waals surface area contributed by atoms with E-state index in [4.69, 9.17) is 9.84 Å². The first kappa shape index (κ1) is 13.9. The first-order valence-corrected chi connectivity index (χ1v) is 6.69. The van der Waals surface area contributed by atoms with Crippen LogP contribution in [0.2, 0.25) is 0 Å². The van der Waals surface area contributed by atoms with Crippen LogP contribution in [0.5, 0.6) is 5.75 Å². The number of aliphatic hydroxyl groups excluding tert-OH is 1. The summed E-state index contributed by atoms with van der Waals surface area (Å²) < 4.78 is 5.53. The van der Waals surface area contributed by atoms with E-state index in [0.717, 1.165) is 24.3 Å². The molecule has 0 saturated carbocycles. The van der Waals surface area contributed by atoms with Crippen LogP contribution in [0.4, 0.5) is 0 Å². The molecule has 0 radical (unpaired) electrons. The fourth-order valence-corrected chi connectivity index (χ4v) is 2.25. The summed E-state index contributed by atoms with van der Waals surface area (Å²) >= 11 is 0. The maximum Gasteiger partial charge on any atom is 0.260 e. The highest BCUT2D eigenvalue weighted by Crippen LogP contribution is 2.18. The van der Waals surface area contributed by atoms with Crippen molar-refractivity contribution in [3.05, 3.63) is 29.3 Å². The molecule has 1 aliphatic rings. The van der Waals surface area contributed by atoms with Crippen molar-refractivity contribution < 1.29 is 14.6 Å². The molecule has 1 atom stereocenters. The van der Waals surface area contributed by atoms with Gasteiger partial charge in [0.15, 0.2) is 6.61 Å². The fourth-order valence-electron chi connectivity index (χ4n) is 2.25. The summed E-state index contributed by atoms with van der Waals surface area (Å²) in [6.45, 7) is 5.66. The summed E-state index contributed by atoms with van der Waals surface area (Å²) in [5, 5.41) is 9.06. The average Bonchev–Trinajstić information content (AvgIpc) is 2.88. The number of aliphatic hydroxyl groups is 1. The number of hydrogen-bond donors (Lipinski definition) is 1. The van der Waals surface area contributed by atoms with Crippen molar-refractivity contribution in [2.75, 3.05) is 26.3 Å². The Balaban J connectivity index is 1.85.